The molecule has 0 spiro atoms. The van der Waals surface area contributed by atoms with E-state index in [9.17, 15) is 9.59 Å². The smallest absolute Gasteiger partial charge is 0.346 e. The van der Waals surface area contributed by atoms with Crippen molar-refractivity contribution in [3.05, 3.63) is 62.6 Å². The summed E-state index contributed by atoms with van der Waals surface area (Å²) in [6, 6.07) is 10.6. The number of nitrogens with zero attached hydrogens (tertiary/aromatic N) is 3. The third-order valence-electron chi connectivity index (χ3n) is 4.72. The highest BCUT2D eigenvalue weighted by Gasteiger charge is 2.20. The number of fused-ring (bicyclic) bond motifs is 1. The first kappa shape index (κ1) is 23.5. The topological polar surface area (TPSA) is 92.0 Å². The van der Waals surface area contributed by atoms with Gasteiger partial charge in [-0.1, -0.05) is 35.8 Å². The molecule has 2 aromatic carbocycles. The van der Waals surface area contributed by atoms with Gasteiger partial charge in [-0.25, -0.2) is 9.78 Å². The van der Waals surface area contributed by atoms with Crippen molar-refractivity contribution >= 4 is 39.0 Å². The van der Waals surface area contributed by atoms with Gasteiger partial charge in [0.2, 0.25) is 0 Å². The van der Waals surface area contributed by atoms with Crippen LogP contribution < -0.4 is 15.0 Å². The summed E-state index contributed by atoms with van der Waals surface area (Å²) >= 11 is 3.40. The number of carbonyl (C=O) groups is 1. The van der Waals surface area contributed by atoms with E-state index in [4.69, 9.17) is 14.2 Å². The van der Waals surface area contributed by atoms with Crippen LogP contribution in [0, 0.1) is 0 Å². The summed E-state index contributed by atoms with van der Waals surface area (Å²) in [5, 5.41) is 4.88. The zero-order chi connectivity index (χ0) is 23.4. The van der Waals surface area contributed by atoms with E-state index < -0.39 is 12.1 Å². The predicted molar refractivity (Wildman–Crippen MR) is 126 cm³/mol. The van der Waals surface area contributed by atoms with Crippen molar-refractivity contribution in [3.63, 3.8) is 0 Å². The molecule has 1 aromatic heterocycles. The molecule has 9 heteroatoms. The molecule has 0 aliphatic rings. The summed E-state index contributed by atoms with van der Waals surface area (Å²) in [6.07, 6.45) is 0.623. The molecule has 0 amide bonds. The number of esters is 1. The zero-order valence-electron chi connectivity index (χ0n) is 18.5. The number of aromatic nitrogens is 2. The molecule has 0 aliphatic carbocycles. The van der Waals surface area contributed by atoms with Crippen LogP contribution >= 0.6 is 15.9 Å². The minimum Gasteiger partial charge on any atom is -0.493 e. The number of halogens is 1. The molecule has 8 nitrogen and oxygen atoms in total. The second kappa shape index (κ2) is 9.95. The van der Waals surface area contributed by atoms with Crippen LogP contribution in [0.3, 0.4) is 0 Å². The summed E-state index contributed by atoms with van der Waals surface area (Å²) < 4.78 is 18.0. The third-order valence-corrected chi connectivity index (χ3v) is 5.21. The van der Waals surface area contributed by atoms with Gasteiger partial charge in [0.05, 0.1) is 31.3 Å². The Bertz CT molecular complexity index is 1240. The second-order valence-electron chi connectivity index (χ2n) is 7.31. The highest BCUT2D eigenvalue weighted by atomic mass is 79.9. The van der Waals surface area contributed by atoms with Crippen LogP contribution in [0.2, 0.25) is 0 Å². The molecule has 0 aliphatic heterocycles. The highest BCUT2D eigenvalue weighted by Crippen LogP contribution is 2.31. The van der Waals surface area contributed by atoms with Crippen molar-refractivity contribution < 1.29 is 19.0 Å². The van der Waals surface area contributed by atoms with Crippen LogP contribution in [0.15, 0.2) is 50.8 Å². The quantitative estimate of drug-likeness (QED) is 0.357. The summed E-state index contributed by atoms with van der Waals surface area (Å²) in [6.45, 7) is 5.46. The van der Waals surface area contributed by atoms with Crippen LogP contribution in [-0.2, 0) is 9.53 Å². The Morgan fingerprint density at radius 3 is 2.59 bits per heavy atom. The molecule has 0 fully saturated rings. The average Bonchev–Trinajstić information content (AvgIpc) is 2.78. The van der Waals surface area contributed by atoms with E-state index in [2.05, 4.69) is 26.0 Å². The van der Waals surface area contributed by atoms with E-state index in [0.29, 0.717) is 33.8 Å². The lowest BCUT2D eigenvalue weighted by Crippen LogP contribution is -2.26. The molecule has 0 bridgehead atoms. The van der Waals surface area contributed by atoms with Crippen molar-refractivity contribution in [1.82, 2.24) is 9.66 Å². The van der Waals surface area contributed by atoms with Gasteiger partial charge in [-0.3, -0.25) is 4.79 Å². The fourth-order valence-corrected chi connectivity index (χ4v) is 3.44. The Morgan fingerprint density at radius 1 is 1.19 bits per heavy atom. The van der Waals surface area contributed by atoms with Crippen LogP contribution in [0.1, 0.15) is 38.1 Å². The molecule has 168 valence electrons. The van der Waals surface area contributed by atoms with Crippen molar-refractivity contribution in [3.8, 4) is 11.5 Å². The molecular formula is C23H24BrN3O5. The molecule has 0 unspecified atom stereocenters. The number of benzene rings is 2. The third kappa shape index (κ3) is 4.83. The monoisotopic (exact) mass is 501 g/mol. The minimum absolute atomic E-state index is 0.0479. The number of para-hydroxylation sites is 1. The van der Waals surface area contributed by atoms with Gasteiger partial charge in [0.1, 0.15) is 5.82 Å². The Labute approximate surface area is 194 Å². The predicted octanol–water partition coefficient (Wildman–Crippen LogP) is 4.11. The summed E-state index contributed by atoms with van der Waals surface area (Å²) in [4.78, 5) is 29.7. The molecule has 3 rings (SSSR count). The molecule has 0 saturated carbocycles. The second-order valence-corrected chi connectivity index (χ2v) is 8.23. The van der Waals surface area contributed by atoms with E-state index in [-0.39, 0.29) is 11.5 Å². The van der Waals surface area contributed by atoms with E-state index in [1.165, 1.54) is 25.1 Å². The van der Waals surface area contributed by atoms with Gasteiger partial charge in [0.15, 0.2) is 17.6 Å². The number of methoxy groups -OCH3 is 2. The van der Waals surface area contributed by atoms with E-state index in [0.717, 1.165) is 4.47 Å². The van der Waals surface area contributed by atoms with Gasteiger partial charge in [-0.2, -0.15) is 9.78 Å². The summed E-state index contributed by atoms with van der Waals surface area (Å²) in [7, 11) is 2.79. The van der Waals surface area contributed by atoms with E-state index in [1.54, 1.807) is 37.3 Å². The normalized spacial score (nSPS) is 12.3. The molecule has 1 atom stereocenters. The first-order chi connectivity index (χ1) is 15.3. The van der Waals surface area contributed by atoms with E-state index in [1.807, 2.05) is 19.9 Å². The van der Waals surface area contributed by atoms with Gasteiger partial charge >= 0.3 is 5.97 Å². The first-order valence-electron chi connectivity index (χ1n) is 9.94. The van der Waals surface area contributed by atoms with Gasteiger partial charge in [0.25, 0.3) is 5.56 Å². The van der Waals surface area contributed by atoms with Crippen molar-refractivity contribution in [2.45, 2.75) is 32.8 Å². The Hall–Kier alpha value is -3.20. The Morgan fingerprint density at radius 2 is 1.94 bits per heavy atom. The number of hydrogen-bond acceptors (Lipinski definition) is 7. The van der Waals surface area contributed by atoms with Crippen LogP contribution in [0.4, 0.5) is 0 Å². The van der Waals surface area contributed by atoms with E-state index >= 15 is 0 Å². The van der Waals surface area contributed by atoms with Gasteiger partial charge in [-0.05, 0) is 37.3 Å². The van der Waals surface area contributed by atoms with Crippen molar-refractivity contribution in [2.24, 2.45) is 5.10 Å². The average molecular weight is 502 g/mol. The molecule has 3 aromatic rings. The first-order valence-corrected chi connectivity index (χ1v) is 10.7. The molecular weight excluding hydrogens is 478 g/mol. The maximum Gasteiger partial charge on any atom is 0.346 e. The molecule has 32 heavy (non-hydrogen) atoms. The Kier molecular flexibility index (Phi) is 7.29. The van der Waals surface area contributed by atoms with Crippen molar-refractivity contribution in [1.29, 1.82) is 0 Å². The number of ether oxygens (including phenoxy) is 3. The van der Waals surface area contributed by atoms with Gasteiger partial charge < -0.3 is 14.2 Å². The summed E-state index contributed by atoms with van der Waals surface area (Å²) in [5.41, 5.74) is 0.839. The fraction of sp³-hybridized carbons (Fsp3) is 0.304. The van der Waals surface area contributed by atoms with Crippen LogP contribution in [0.5, 0.6) is 11.5 Å². The maximum absolute atomic E-state index is 13.2. The molecule has 0 saturated heterocycles. The minimum atomic E-state index is -0.864. The van der Waals surface area contributed by atoms with Crippen LogP contribution in [-0.4, -0.2) is 42.2 Å². The SMILES string of the molecule is COC(=O)[C@@H](C)Oc1c(C=Nn2c(C(C)C)nc3ccc(Br)cc3c2=O)cccc1OC. The van der Waals surface area contributed by atoms with Gasteiger partial charge in [-0.15, -0.1) is 0 Å². The molecule has 0 N–H and O–H groups in total. The summed E-state index contributed by atoms with van der Waals surface area (Å²) in [5.74, 6) is 0.679. The van der Waals surface area contributed by atoms with Crippen LogP contribution in [0.25, 0.3) is 10.9 Å². The Balaban J connectivity index is 2.13. The lowest BCUT2D eigenvalue weighted by Gasteiger charge is -2.17. The lowest BCUT2D eigenvalue weighted by molar-refractivity contribution is -0.147. The zero-order valence-corrected chi connectivity index (χ0v) is 20.0. The largest absolute Gasteiger partial charge is 0.493 e. The highest BCUT2D eigenvalue weighted by molar-refractivity contribution is 9.10. The number of rotatable bonds is 7. The molecule has 1 heterocycles. The maximum atomic E-state index is 13.2. The number of carbonyl (C=O) groups excluding carboxylic acids is 1. The molecule has 0 radical (unpaired) electrons. The number of hydrogen-bond donors (Lipinski definition) is 0. The van der Waals surface area contributed by atoms with Gasteiger partial charge in [0, 0.05) is 16.0 Å². The standard InChI is InChI=1S/C23H24BrN3O5/c1-13(2)21-26-18-10-9-16(24)11-17(18)22(28)27(21)25-12-15-7-6-8-19(30-4)20(15)32-14(3)23(29)31-5/h6-14H,1-5H3/t14-/m1/s1. The van der Waals surface area contributed by atoms with Crippen molar-refractivity contribution in [2.75, 3.05) is 14.2 Å². The fourth-order valence-electron chi connectivity index (χ4n) is 3.08. The lowest BCUT2D eigenvalue weighted by atomic mass is 10.2.